The van der Waals surface area contributed by atoms with Gasteiger partial charge in [-0.25, -0.2) is 13.4 Å². The molecule has 0 aliphatic carbocycles. The summed E-state index contributed by atoms with van der Waals surface area (Å²) in [5.74, 6) is 0.993. The average Bonchev–Trinajstić information content (AvgIpc) is 2.63. The summed E-state index contributed by atoms with van der Waals surface area (Å²) < 4.78 is 27.1. The van der Waals surface area contributed by atoms with Gasteiger partial charge in [-0.2, -0.15) is 0 Å². The molecule has 0 bridgehead atoms. The lowest BCUT2D eigenvalue weighted by molar-refractivity contribution is 0.312. The van der Waals surface area contributed by atoms with Crippen LogP contribution in [0.1, 0.15) is 12.0 Å². The number of nitrogens with one attached hydrogen (secondary N) is 1. The third-order valence-corrected chi connectivity index (χ3v) is 5.94. The number of anilines is 2. The van der Waals surface area contributed by atoms with Crippen LogP contribution in [0.25, 0.3) is 0 Å². The van der Waals surface area contributed by atoms with Gasteiger partial charge in [0.1, 0.15) is 5.82 Å². The molecular formula is C19H26N4O2S. The summed E-state index contributed by atoms with van der Waals surface area (Å²) in [6.45, 7) is 3.90. The van der Waals surface area contributed by atoms with Crippen molar-refractivity contribution in [2.24, 2.45) is 0 Å². The van der Waals surface area contributed by atoms with Gasteiger partial charge in [0.15, 0.2) is 0 Å². The summed E-state index contributed by atoms with van der Waals surface area (Å²) in [5, 5.41) is 0. The van der Waals surface area contributed by atoms with Gasteiger partial charge in [0.2, 0.25) is 10.0 Å². The van der Waals surface area contributed by atoms with Crippen LogP contribution in [0.15, 0.2) is 48.7 Å². The van der Waals surface area contributed by atoms with Gasteiger partial charge < -0.3 is 9.80 Å². The molecule has 3 rings (SSSR count). The van der Waals surface area contributed by atoms with Crippen molar-refractivity contribution in [3.05, 3.63) is 54.2 Å². The van der Waals surface area contributed by atoms with E-state index in [1.54, 1.807) is 12.3 Å². The molecule has 0 spiro atoms. The Balaban J connectivity index is 1.51. The highest BCUT2D eigenvalue weighted by Gasteiger charge is 2.16. The van der Waals surface area contributed by atoms with Crippen LogP contribution in [0, 0.1) is 0 Å². The minimum atomic E-state index is -3.36. The number of piperazine rings is 1. The van der Waals surface area contributed by atoms with Crippen molar-refractivity contribution >= 4 is 21.5 Å². The molecule has 2 heterocycles. The molecule has 1 N–H and O–H groups in total. The molecule has 6 nitrogen and oxygen atoms in total. The van der Waals surface area contributed by atoms with Gasteiger partial charge in [0.25, 0.3) is 0 Å². The Morgan fingerprint density at radius 2 is 1.77 bits per heavy atom. The highest BCUT2D eigenvalue weighted by Crippen LogP contribution is 2.17. The number of rotatable bonds is 7. The van der Waals surface area contributed by atoms with E-state index >= 15 is 0 Å². The molecule has 1 saturated heterocycles. The highest BCUT2D eigenvalue weighted by molar-refractivity contribution is 7.92. The first-order valence-electron chi connectivity index (χ1n) is 8.96. The summed E-state index contributed by atoms with van der Waals surface area (Å²) in [6, 6.07) is 13.6. The van der Waals surface area contributed by atoms with Gasteiger partial charge in [0.05, 0.1) is 17.6 Å². The average molecular weight is 375 g/mol. The number of benzene rings is 1. The summed E-state index contributed by atoms with van der Waals surface area (Å²) in [4.78, 5) is 8.93. The lowest BCUT2D eigenvalue weighted by Gasteiger charge is -2.33. The van der Waals surface area contributed by atoms with E-state index in [-0.39, 0.29) is 5.75 Å². The number of likely N-dealkylation sites (N-methyl/N-ethyl adjacent to an activating group) is 1. The van der Waals surface area contributed by atoms with Crippen molar-refractivity contribution < 1.29 is 8.42 Å². The fourth-order valence-electron chi connectivity index (χ4n) is 3.01. The first-order valence-corrected chi connectivity index (χ1v) is 10.6. The zero-order valence-corrected chi connectivity index (χ0v) is 16.0. The first kappa shape index (κ1) is 18.7. The summed E-state index contributed by atoms with van der Waals surface area (Å²) in [7, 11) is -1.25. The van der Waals surface area contributed by atoms with Crippen molar-refractivity contribution in [1.82, 2.24) is 9.88 Å². The van der Waals surface area contributed by atoms with Crippen LogP contribution in [0.4, 0.5) is 11.5 Å². The normalized spacial score (nSPS) is 15.8. The topological polar surface area (TPSA) is 65.5 Å². The largest absolute Gasteiger partial charge is 0.354 e. The maximum Gasteiger partial charge on any atom is 0.232 e. The maximum absolute atomic E-state index is 12.3. The molecule has 140 valence electrons. The minimum absolute atomic E-state index is 0.0993. The number of hydrogen-bond donors (Lipinski definition) is 1. The lowest BCUT2D eigenvalue weighted by Crippen LogP contribution is -2.44. The number of aromatic nitrogens is 1. The van der Waals surface area contributed by atoms with Crippen LogP contribution >= 0.6 is 0 Å². The van der Waals surface area contributed by atoms with E-state index in [9.17, 15) is 8.42 Å². The first-order chi connectivity index (χ1) is 12.5. The Bertz CT molecular complexity index is 786. The van der Waals surface area contributed by atoms with Crippen molar-refractivity contribution in [3.8, 4) is 0 Å². The Kier molecular flexibility index (Phi) is 6.11. The van der Waals surface area contributed by atoms with Gasteiger partial charge in [-0.15, -0.1) is 0 Å². The van der Waals surface area contributed by atoms with Gasteiger partial charge in [-0.1, -0.05) is 30.3 Å². The SMILES string of the molecule is CN1CCN(c2ccc(NS(=O)(=O)CCCc3ccccc3)cn2)CC1. The quantitative estimate of drug-likeness (QED) is 0.805. The smallest absolute Gasteiger partial charge is 0.232 e. The number of aryl methyl sites for hydroxylation is 1. The van der Waals surface area contributed by atoms with E-state index in [0.29, 0.717) is 12.1 Å². The molecule has 0 saturated carbocycles. The van der Waals surface area contributed by atoms with Crippen LogP contribution in [0.5, 0.6) is 0 Å². The zero-order chi connectivity index (χ0) is 18.4. The highest BCUT2D eigenvalue weighted by atomic mass is 32.2. The Morgan fingerprint density at radius 1 is 1.04 bits per heavy atom. The van der Waals surface area contributed by atoms with E-state index in [2.05, 4.69) is 26.6 Å². The molecule has 0 radical (unpaired) electrons. The van der Waals surface area contributed by atoms with Crippen LogP contribution in [0.3, 0.4) is 0 Å². The van der Waals surface area contributed by atoms with Crippen LogP contribution in [-0.2, 0) is 16.4 Å². The number of nitrogens with zero attached hydrogens (tertiary/aromatic N) is 3. The monoisotopic (exact) mass is 374 g/mol. The van der Waals surface area contributed by atoms with E-state index in [1.807, 2.05) is 36.4 Å². The summed E-state index contributed by atoms with van der Waals surface area (Å²) in [5.41, 5.74) is 1.67. The Morgan fingerprint density at radius 3 is 2.42 bits per heavy atom. The predicted molar refractivity (Wildman–Crippen MR) is 106 cm³/mol. The molecular weight excluding hydrogens is 348 g/mol. The van der Waals surface area contributed by atoms with Crippen LogP contribution < -0.4 is 9.62 Å². The van der Waals surface area contributed by atoms with Gasteiger partial charge in [-0.3, -0.25) is 4.72 Å². The van der Waals surface area contributed by atoms with Crippen LogP contribution in [-0.4, -0.2) is 57.3 Å². The minimum Gasteiger partial charge on any atom is -0.354 e. The molecule has 1 aliphatic rings. The molecule has 1 aliphatic heterocycles. The molecule has 26 heavy (non-hydrogen) atoms. The molecule has 1 aromatic carbocycles. The molecule has 0 amide bonds. The standard InChI is InChI=1S/C19H26N4O2S/c1-22-11-13-23(14-12-22)19-10-9-18(16-20-19)21-26(24,25)15-5-8-17-6-3-2-4-7-17/h2-4,6-7,9-10,16,21H,5,8,11-15H2,1H3. The number of pyridine rings is 1. The number of hydrogen-bond acceptors (Lipinski definition) is 5. The third-order valence-electron chi connectivity index (χ3n) is 4.57. The second-order valence-corrected chi connectivity index (χ2v) is 8.55. The second kappa shape index (κ2) is 8.51. The molecule has 0 atom stereocenters. The molecule has 1 fully saturated rings. The molecule has 1 aromatic heterocycles. The fraction of sp³-hybridized carbons (Fsp3) is 0.421. The van der Waals surface area contributed by atoms with Gasteiger partial charge in [0, 0.05) is 26.2 Å². The van der Waals surface area contributed by atoms with E-state index in [4.69, 9.17) is 0 Å². The van der Waals surface area contributed by atoms with Gasteiger partial charge in [-0.05, 0) is 37.6 Å². The molecule has 7 heteroatoms. The second-order valence-electron chi connectivity index (χ2n) is 6.71. The zero-order valence-electron chi connectivity index (χ0n) is 15.1. The van der Waals surface area contributed by atoms with Crippen molar-refractivity contribution in [2.75, 3.05) is 48.6 Å². The summed E-state index contributed by atoms with van der Waals surface area (Å²) in [6.07, 6.45) is 2.94. The Labute approximate surface area is 155 Å². The molecule has 0 unspecified atom stereocenters. The van der Waals surface area contributed by atoms with E-state index in [0.717, 1.165) is 44.0 Å². The van der Waals surface area contributed by atoms with Crippen molar-refractivity contribution in [2.45, 2.75) is 12.8 Å². The Hall–Kier alpha value is -2.12. The van der Waals surface area contributed by atoms with E-state index < -0.39 is 10.0 Å². The van der Waals surface area contributed by atoms with Crippen molar-refractivity contribution in [1.29, 1.82) is 0 Å². The van der Waals surface area contributed by atoms with Crippen LogP contribution in [0.2, 0.25) is 0 Å². The third kappa shape index (κ3) is 5.44. The summed E-state index contributed by atoms with van der Waals surface area (Å²) >= 11 is 0. The van der Waals surface area contributed by atoms with E-state index in [1.165, 1.54) is 0 Å². The van der Waals surface area contributed by atoms with Crippen molar-refractivity contribution in [3.63, 3.8) is 0 Å². The maximum atomic E-state index is 12.3. The number of sulfonamides is 1. The predicted octanol–water partition coefficient (Wildman–Crippen LogP) is 2.21. The fourth-order valence-corrected chi connectivity index (χ4v) is 4.12. The van der Waals surface area contributed by atoms with Gasteiger partial charge >= 0.3 is 0 Å². The lowest BCUT2D eigenvalue weighted by atomic mass is 10.1. The molecule has 2 aromatic rings.